The summed E-state index contributed by atoms with van der Waals surface area (Å²) >= 11 is 5.74. The predicted molar refractivity (Wildman–Crippen MR) is 103 cm³/mol. The average Bonchev–Trinajstić information content (AvgIpc) is 3.16. The molecule has 3 N–H and O–H groups in total. The van der Waals surface area contributed by atoms with E-state index in [0.29, 0.717) is 17.2 Å². The number of pyridine rings is 1. The van der Waals surface area contributed by atoms with Gasteiger partial charge in [-0.3, -0.25) is 16.3 Å². The van der Waals surface area contributed by atoms with Crippen molar-refractivity contribution in [2.45, 2.75) is 13.8 Å². The molecule has 0 bridgehead atoms. The molecule has 3 aromatic heterocycles. The number of nitrogens with one attached hydrogen (secondary N) is 1. The smallest absolute Gasteiger partial charge is 0.358 e. The summed E-state index contributed by atoms with van der Waals surface area (Å²) in [4.78, 5) is 16.0. The Labute approximate surface area is 162 Å². The molecule has 0 aliphatic rings. The van der Waals surface area contributed by atoms with Crippen LogP contribution in [0.2, 0.25) is 5.15 Å². The number of nitrogens with two attached hydrogens (primary N) is 1. The summed E-state index contributed by atoms with van der Waals surface area (Å²) in [5.41, 5.74) is 3.64. The van der Waals surface area contributed by atoms with E-state index in [9.17, 15) is 4.79 Å². The summed E-state index contributed by atoms with van der Waals surface area (Å²) in [5, 5.41) is 12.2. The lowest BCUT2D eigenvalue weighted by atomic mass is 10.2. The number of esters is 1. The number of hydrogen-bond donors (Lipinski definition) is 2. The van der Waals surface area contributed by atoms with E-state index in [0.717, 1.165) is 0 Å². The molecule has 0 aliphatic carbocycles. The molecule has 0 unspecified atom stereocenters. The molecule has 0 spiro atoms. The second-order valence-electron chi connectivity index (χ2n) is 4.54. The van der Waals surface area contributed by atoms with Crippen LogP contribution in [0.4, 0.5) is 0 Å². The number of aromatic nitrogens is 5. The maximum atomic E-state index is 11.7. The van der Waals surface area contributed by atoms with E-state index in [-0.39, 0.29) is 10.8 Å². The highest BCUT2D eigenvalue weighted by atomic mass is 35.5. The standard InChI is InChI=1S/C14H10ClN5O2.C2H6.CH6N2/c1-22-14(21)10-8-11(9-4-2-3-7-16-9)20(19-10)13-6-5-12(15)17-18-13;1-2;1-3-2/h2-8H,1H3;1-2H3;3H,2H2,1H3. The molecule has 3 rings (SSSR count). The fraction of sp³-hybridized carbons (Fsp3) is 0.235. The van der Waals surface area contributed by atoms with Crippen LogP contribution in [0, 0.1) is 0 Å². The van der Waals surface area contributed by atoms with Crippen LogP contribution in [0.15, 0.2) is 42.6 Å². The SMILES string of the molecule is CC.CNN.COC(=O)c1cc(-c2ccccn2)n(-c2ccc(Cl)nn2)n1. The number of hydrazine groups is 1. The molecule has 0 amide bonds. The van der Waals surface area contributed by atoms with Crippen molar-refractivity contribution < 1.29 is 9.53 Å². The van der Waals surface area contributed by atoms with E-state index in [1.807, 2.05) is 19.9 Å². The van der Waals surface area contributed by atoms with Crippen LogP contribution < -0.4 is 11.3 Å². The highest BCUT2D eigenvalue weighted by molar-refractivity contribution is 6.29. The van der Waals surface area contributed by atoms with Crippen LogP contribution in [0.1, 0.15) is 24.3 Å². The summed E-state index contributed by atoms with van der Waals surface area (Å²) in [6, 6.07) is 10.3. The molecule has 0 radical (unpaired) electrons. The van der Waals surface area contributed by atoms with Gasteiger partial charge in [-0.2, -0.15) is 5.10 Å². The average molecular weight is 392 g/mol. The third kappa shape index (κ3) is 6.10. The van der Waals surface area contributed by atoms with Crippen LogP contribution >= 0.6 is 11.6 Å². The number of methoxy groups -OCH3 is 1. The second kappa shape index (κ2) is 11.7. The summed E-state index contributed by atoms with van der Waals surface area (Å²) in [6.07, 6.45) is 1.65. The first-order valence-electron chi connectivity index (χ1n) is 8.07. The van der Waals surface area contributed by atoms with Gasteiger partial charge >= 0.3 is 5.97 Å². The fourth-order valence-electron chi connectivity index (χ4n) is 1.88. The Morgan fingerprint density at radius 2 is 1.93 bits per heavy atom. The van der Waals surface area contributed by atoms with Gasteiger partial charge in [0, 0.05) is 12.3 Å². The van der Waals surface area contributed by atoms with E-state index >= 15 is 0 Å². The van der Waals surface area contributed by atoms with Crippen molar-refractivity contribution in [3.05, 3.63) is 53.4 Å². The molecule has 0 saturated heterocycles. The van der Waals surface area contributed by atoms with Crippen LogP contribution in [0.25, 0.3) is 17.2 Å². The number of halogens is 1. The Morgan fingerprint density at radius 1 is 1.22 bits per heavy atom. The van der Waals surface area contributed by atoms with E-state index in [2.05, 4.69) is 31.5 Å². The van der Waals surface area contributed by atoms with Crippen LogP contribution in [0.5, 0.6) is 0 Å². The van der Waals surface area contributed by atoms with Crippen LogP contribution in [0.3, 0.4) is 0 Å². The van der Waals surface area contributed by atoms with Gasteiger partial charge in [0.2, 0.25) is 0 Å². The fourth-order valence-corrected chi connectivity index (χ4v) is 1.98. The molecule has 0 aromatic carbocycles. The van der Waals surface area contributed by atoms with Crippen molar-refractivity contribution in [3.8, 4) is 17.2 Å². The maximum Gasteiger partial charge on any atom is 0.358 e. The highest BCUT2D eigenvalue weighted by Crippen LogP contribution is 2.21. The zero-order chi connectivity index (χ0) is 20.2. The van der Waals surface area contributed by atoms with Gasteiger partial charge in [-0.05, 0) is 31.3 Å². The first-order valence-corrected chi connectivity index (χ1v) is 8.45. The van der Waals surface area contributed by atoms with Crippen LogP contribution in [-0.4, -0.2) is 45.1 Å². The Hall–Kier alpha value is -2.88. The van der Waals surface area contributed by atoms with Gasteiger partial charge in [0.25, 0.3) is 0 Å². The number of hydrogen-bond acceptors (Lipinski definition) is 8. The molecule has 144 valence electrons. The maximum absolute atomic E-state index is 11.7. The summed E-state index contributed by atoms with van der Waals surface area (Å²) < 4.78 is 6.17. The molecule has 27 heavy (non-hydrogen) atoms. The van der Waals surface area contributed by atoms with Crippen LogP contribution in [-0.2, 0) is 4.74 Å². The highest BCUT2D eigenvalue weighted by Gasteiger charge is 2.18. The molecule has 3 heterocycles. The number of carbonyl (C=O) groups excluding carboxylic acids is 1. The predicted octanol–water partition coefficient (Wildman–Crippen LogP) is 2.27. The van der Waals surface area contributed by atoms with Gasteiger partial charge in [-0.15, -0.1) is 10.2 Å². The second-order valence-corrected chi connectivity index (χ2v) is 4.92. The van der Waals surface area contributed by atoms with E-state index < -0.39 is 5.97 Å². The van der Waals surface area contributed by atoms with Gasteiger partial charge in [-0.1, -0.05) is 31.5 Å². The quantitative estimate of drug-likeness (QED) is 0.396. The van der Waals surface area contributed by atoms with Crippen molar-refractivity contribution in [2.24, 2.45) is 5.84 Å². The van der Waals surface area contributed by atoms with Gasteiger partial charge in [-0.25, -0.2) is 9.48 Å². The number of carbonyl (C=O) groups is 1. The third-order valence-corrected chi connectivity index (χ3v) is 3.07. The Morgan fingerprint density at radius 3 is 2.44 bits per heavy atom. The molecular formula is C17H22ClN7O2. The molecule has 10 heteroatoms. The topological polar surface area (TPSA) is 121 Å². The molecule has 3 aromatic rings. The number of rotatable bonds is 3. The summed E-state index contributed by atoms with van der Waals surface area (Å²) in [6.45, 7) is 4.00. The Kier molecular flexibility index (Phi) is 9.59. The minimum absolute atomic E-state index is 0.153. The largest absolute Gasteiger partial charge is 0.464 e. The lowest BCUT2D eigenvalue weighted by molar-refractivity contribution is 0.0593. The minimum Gasteiger partial charge on any atom is -0.464 e. The zero-order valence-electron chi connectivity index (χ0n) is 15.5. The molecule has 0 atom stereocenters. The van der Waals surface area contributed by atoms with E-state index in [1.54, 1.807) is 43.6 Å². The van der Waals surface area contributed by atoms with Gasteiger partial charge in [0.05, 0.1) is 18.5 Å². The van der Waals surface area contributed by atoms with E-state index in [4.69, 9.17) is 16.3 Å². The monoisotopic (exact) mass is 391 g/mol. The zero-order valence-corrected chi connectivity index (χ0v) is 16.3. The lowest BCUT2D eigenvalue weighted by Gasteiger charge is -2.04. The first kappa shape index (κ1) is 22.2. The van der Waals surface area contributed by atoms with Crippen molar-refractivity contribution >= 4 is 17.6 Å². The Balaban J connectivity index is 0.000000665. The molecule has 9 nitrogen and oxygen atoms in total. The molecule has 0 aliphatic heterocycles. The van der Waals surface area contributed by atoms with E-state index in [1.165, 1.54) is 11.8 Å². The normalized spacial score (nSPS) is 9.41. The summed E-state index contributed by atoms with van der Waals surface area (Å²) in [5.74, 6) is 4.47. The van der Waals surface area contributed by atoms with Crippen molar-refractivity contribution in [2.75, 3.05) is 14.2 Å². The number of ether oxygens (including phenoxy) is 1. The molecule has 0 fully saturated rings. The minimum atomic E-state index is -0.544. The lowest BCUT2D eigenvalue weighted by Crippen LogP contribution is -2.13. The van der Waals surface area contributed by atoms with Crippen molar-refractivity contribution in [1.29, 1.82) is 0 Å². The summed E-state index contributed by atoms with van der Waals surface area (Å²) in [7, 11) is 2.95. The van der Waals surface area contributed by atoms with Crippen molar-refractivity contribution in [1.82, 2.24) is 30.4 Å². The first-order chi connectivity index (χ1) is 13.1. The van der Waals surface area contributed by atoms with Gasteiger partial charge in [0.1, 0.15) is 0 Å². The molecule has 0 saturated carbocycles. The van der Waals surface area contributed by atoms with Crippen molar-refractivity contribution in [3.63, 3.8) is 0 Å². The molecular weight excluding hydrogens is 370 g/mol. The Bertz CT molecular complexity index is 823. The van der Waals surface area contributed by atoms with Gasteiger partial charge in [0.15, 0.2) is 16.7 Å². The number of nitrogens with zero attached hydrogens (tertiary/aromatic N) is 5. The third-order valence-electron chi connectivity index (χ3n) is 2.87. The van der Waals surface area contributed by atoms with Gasteiger partial charge < -0.3 is 4.74 Å².